The molecule has 4 amide bonds. The molecule has 9 heteroatoms. The molecule has 0 radical (unpaired) electrons. The van der Waals surface area contributed by atoms with Crippen molar-refractivity contribution in [2.45, 2.75) is 12.8 Å². The molecule has 2 aliphatic rings. The van der Waals surface area contributed by atoms with E-state index in [1.54, 1.807) is 0 Å². The van der Waals surface area contributed by atoms with Crippen molar-refractivity contribution in [3.05, 3.63) is 115 Å². The van der Waals surface area contributed by atoms with Gasteiger partial charge in [-0.15, -0.1) is 0 Å². The summed E-state index contributed by atoms with van der Waals surface area (Å²) in [4.78, 5) is 42.1. The number of carbonyl (C=O) groups excluding carboxylic acids is 3. The van der Waals surface area contributed by atoms with Gasteiger partial charge in [0.1, 0.15) is 5.57 Å². The lowest BCUT2D eigenvalue weighted by Crippen LogP contribution is -2.53. The standard InChI is InChI=1S/C39H30Br2N4O3/c1-42-29(25-9-5-7-23-27(40)15-19-31(42)34(23)25)17-13-21-11-12-22(33(21)36-37(46)44(3)39(48)45(4)38(36)47)14-18-30-26-10-6-8-24-28(41)16-20-32(35(24)26)43(30)2/h5-10,13-20H,11-12H2,1-4H3/b21-13+,22-14+,29-17+,30-18+. The molecule has 0 spiro atoms. The van der Waals surface area contributed by atoms with Crippen LogP contribution in [0.5, 0.6) is 0 Å². The number of aryl methyl sites for hydroxylation is 2. The van der Waals surface area contributed by atoms with Crippen LogP contribution in [0.1, 0.15) is 12.8 Å². The minimum Gasteiger partial charge on any atom is -0.344 e. The lowest BCUT2D eigenvalue weighted by atomic mass is 9.95. The summed E-state index contributed by atoms with van der Waals surface area (Å²) in [7, 11) is 6.95. The molecule has 7 nitrogen and oxygen atoms in total. The van der Waals surface area contributed by atoms with Crippen molar-refractivity contribution >= 4 is 105 Å². The number of barbiturate groups is 1. The van der Waals surface area contributed by atoms with Crippen LogP contribution in [0.2, 0.25) is 0 Å². The highest BCUT2D eigenvalue weighted by Crippen LogP contribution is 2.40. The van der Waals surface area contributed by atoms with Gasteiger partial charge in [0.2, 0.25) is 0 Å². The summed E-state index contributed by atoms with van der Waals surface area (Å²) in [5.41, 5.74) is 4.62. The number of imide groups is 2. The second-order valence-electron chi connectivity index (χ2n) is 12.5. The van der Waals surface area contributed by atoms with Crippen LogP contribution < -0.4 is 10.7 Å². The van der Waals surface area contributed by atoms with Gasteiger partial charge in [-0.25, -0.2) is 4.79 Å². The SMILES string of the molecule is CN1C(=O)C(=C2/C(=C/C=c3\c4cccc5c(Br)ccc(c54)n3C)CC/C2=C\C=c2/c3cccc4c(Br)ccc(c43)n2C)C(=O)N(C)C1=O. The maximum atomic E-state index is 13.7. The Kier molecular flexibility index (Phi) is 7.12. The van der Waals surface area contributed by atoms with Crippen LogP contribution >= 0.6 is 31.9 Å². The second-order valence-corrected chi connectivity index (χ2v) is 14.2. The number of hydrogen-bond donors (Lipinski definition) is 0. The summed E-state index contributed by atoms with van der Waals surface area (Å²) in [6, 6.07) is 20.3. The van der Waals surface area contributed by atoms with Crippen molar-refractivity contribution in [3.8, 4) is 0 Å². The largest absolute Gasteiger partial charge is 0.344 e. The Morgan fingerprint density at radius 2 is 0.958 bits per heavy atom. The van der Waals surface area contributed by atoms with E-state index >= 15 is 0 Å². The van der Waals surface area contributed by atoms with Gasteiger partial charge in [0.05, 0.1) is 0 Å². The van der Waals surface area contributed by atoms with E-state index < -0.39 is 17.8 Å². The van der Waals surface area contributed by atoms with Crippen LogP contribution in [0.3, 0.4) is 0 Å². The van der Waals surface area contributed by atoms with Gasteiger partial charge in [-0.2, -0.15) is 0 Å². The minimum absolute atomic E-state index is 0.0228. The van der Waals surface area contributed by atoms with E-state index in [0.29, 0.717) is 18.4 Å². The predicted molar refractivity (Wildman–Crippen MR) is 199 cm³/mol. The molecule has 0 unspecified atom stereocenters. The maximum Gasteiger partial charge on any atom is 0.333 e. The molecule has 8 rings (SSSR count). The lowest BCUT2D eigenvalue weighted by Gasteiger charge is -2.30. The van der Waals surface area contributed by atoms with E-state index in [4.69, 9.17) is 0 Å². The fourth-order valence-electron chi connectivity index (χ4n) is 7.49. The Hall–Kier alpha value is -4.73. The first kappa shape index (κ1) is 30.6. The summed E-state index contributed by atoms with van der Waals surface area (Å²) in [6.07, 6.45) is 9.52. The Morgan fingerprint density at radius 1 is 0.542 bits per heavy atom. The van der Waals surface area contributed by atoms with Gasteiger partial charge in [-0.3, -0.25) is 19.4 Å². The molecule has 1 saturated heterocycles. The maximum absolute atomic E-state index is 13.7. The van der Waals surface area contributed by atoms with E-state index in [9.17, 15) is 14.4 Å². The zero-order chi connectivity index (χ0) is 33.6. The van der Waals surface area contributed by atoms with Gasteiger partial charge >= 0.3 is 6.03 Å². The molecule has 1 saturated carbocycles. The lowest BCUT2D eigenvalue weighted by molar-refractivity contribution is -0.134. The number of aromatic nitrogens is 2. The number of nitrogens with zero attached hydrogens (tertiary/aromatic N) is 4. The molecule has 6 aromatic rings. The number of benzene rings is 4. The third kappa shape index (κ3) is 4.33. The molecule has 1 aliphatic carbocycles. The Balaban J connectivity index is 1.36. The highest BCUT2D eigenvalue weighted by atomic mass is 79.9. The van der Waals surface area contributed by atoms with Crippen LogP contribution in [0.15, 0.2) is 104 Å². The van der Waals surface area contributed by atoms with Gasteiger partial charge in [0, 0.05) is 80.4 Å². The van der Waals surface area contributed by atoms with Crippen molar-refractivity contribution < 1.29 is 14.4 Å². The van der Waals surface area contributed by atoms with Crippen LogP contribution in [-0.2, 0) is 23.7 Å². The van der Waals surface area contributed by atoms with Gasteiger partial charge in [-0.1, -0.05) is 80.4 Å². The number of allylic oxidation sites excluding steroid dienone is 5. The molecule has 2 fully saturated rings. The van der Waals surface area contributed by atoms with E-state index in [1.807, 2.05) is 12.2 Å². The van der Waals surface area contributed by atoms with E-state index in [1.165, 1.54) is 24.9 Å². The molecular formula is C39H30Br2N4O3. The zero-order valence-corrected chi connectivity index (χ0v) is 29.9. The Morgan fingerprint density at radius 3 is 1.40 bits per heavy atom. The second kappa shape index (κ2) is 11.2. The number of carbonyl (C=O) groups is 3. The molecule has 2 aromatic heterocycles. The fraction of sp³-hybridized carbons (Fsp3) is 0.154. The third-order valence-corrected chi connectivity index (χ3v) is 11.4. The van der Waals surface area contributed by atoms with Crippen molar-refractivity contribution in [2.24, 2.45) is 14.1 Å². The van der Waals surface area contributed by atoms with Gasteiger partial charge in [0.25, 0.3) is 11.8 Å². The van der Waals surface area contributed by atoms with Gasteiger partial charge < -0.3 is 9.13 Å². The molecule has 0 bridgehead atoms. The summed E-state index contributed by atoms with van der Waals surface area (Å²) < 4.78 is 6.43. The van der Waals surface area contributed by atoms with Crippen molar-refractivity contribution in [2.75, 3.05) is 14.1 Å². The predicted octanol–water partition coefficient (Wildman–Crippen LogP) is 7.19. The highest BCUT2D eigenvalue weighted by Gasteiger charge is 2.41. The molecule has 0 N–H and O–H groups in total. The van der Waals surface area contributed by atoms with Gasteiger partial charge in [0.15, 0.2) is 0 Å². The zero-order valence-electron chi connectivity index (χ0n) is 26.8. The summed E-state index contributed by atoms with van der Waals surface area (Å²) >= 11 is 7.41. The smallest absolute Gasteiger partial charge is 0.333 e. The van der Waals surface area contributed by atoms with E-state index in [-0.39, 0.29) is 5.57 Å². The number of rotatable bonds is 2. The highest BCUT2D eigenvalue weighted by molar-refractivity contribution is 9.11. The normalized spacial score (nSPS) is 18.8. The van der Waals surface area contributed by atoms with Crippen LogP contribution in [-0.4, -0.2) is 50.9 Å². The van der Waals surface area contributed by atoms with Crippen molar-refractivity contribution in [1.82, 2.24) is 18.9 Å². The average molecular weight is 763 g/mol. The molecule has 4 aromatic carbocycles. The number of hydrogen-bond acceptors (Lipinski definition) is 3. The molecule has 1 aliphatic heterocycles. The summed E-state index contributed by atoms with van der Waals surface area (Å²) in [5, 5.41) is 8.95. The first-order valence-electron chi connectivity index (χ1n) is 15.7. The first-order valence-corrected chi connectivity index (χ1v) is 17.2. The van der Waals surface area contributed by atoms with Crippen molar-refractivity contribution in [3.63, 3.8) is 0 Å². The quantitative estimate of drug-likeness (QED) is 0.139. The summed E-state index contributed by atoms with van der Waals surface area (Å²) in [6.45, 7) is 0. The first-order chi connectivity index (χ1) is 23.1. The molecule has 48 heavy (non-hydrogen) atoms. The summed E-state index contributed by atoms with van der Waals surface area (Å²) in [5.74, 6) is -1.17. The average Bonchev–Trinajstić information content (AvgIpc) is 3.70. The van der Waals surface area contributed by atoms with Gasteiger partial charge in [-0.05, 0) is 76.8 Å². The Bertz CT molecular complexity index is 2480. The fourth-order valence-corrected chi connectivity index (χ4v) is 8.42. The van der Waals surface area contributed by atoms with Crippen LogP contribution in [0.4, 0.5) is 4.79 Å². The molecule has 0 atom stereocenters. The Labute approximate surface area is 293 Å². The third-order valence-electron chi connectivity index (χ3n) is 9.98. The minimum atomic E-state index is -0.637. The number of likely N-dealkylation sites (N-methyl/N-ethyl adjacent to an activating group) is 2. The monoisotopic (exact) mass is 760 g/mol. The molecule has 3 heterocycles. The number of amides is 4. The number of urea groups is 1. The van der Waals surface area contributed by atoms with Crippen LogP contribution in [0.25, 0.3) is 55.5 Å². The van der Waals surface area contributed by atoms with E-state index in [0.717, 1.165) is 73.2 Å². The van der Waals surface area contributed by atoms with Crippen LogP contribution in [0, 0.1) is 0 Å². The molecule has 238 valence electrons. The topological polar surface area (TPSA) is 67.6 Å². The van der Waals surface area contributed by atoms with E-state index in [2.05, 4.69) is 128 Å². The van der Waals surface area contributed by atoms with Crippen molar-refractivity contribution in [1.29, 1.82) is 0 Å². The number of halogens is 2. The molecular weight excluding hydrogens is 732 g/mol.